The zero-order chi connectivity index (χ0) is 18.5. The fourth-order valence-electron chi connectivity index (χ4n) is 4.90. The number of aromatic nitrogens is 1. The lowest BCUT2D eigenvalue weighted by Gasteiger charge is -2.32. The zero-order valence-corrected chi connectivity index (χ0v) is 17.2. The molecule has 3 fully saturated rings. The highest BCUT2D eigenvalue weighted by Crippen LogP contribution is 2.34. The third-order valence-electron chi connectivity index (χ3n) is 6.45. The van der Waals surface area contributed by atoms with Crippen LogP contribution >= 0.6 is 11.3 Å². The van der Waals surface area contributed by atoms with Crippen molar-refractivity contribution in [3.8, 4) is 0 Å². The van der Waals surface area contributed by atoms with Gasteiger partial charge in [0.25, 0.3) is 0 Å². The van der Waals surface area contributed by atoms with E-state index in [-0.39, 0.29) is 11.9 Å². The largest absolute Gasteiger partial charge is 0.354 e. The van der Waals surface area contributed by atoms with Gasteiger partial charge in [0, 0.05) is 30.9 Å². The van der Waals surface area contributed by atoms with E-state index in [9.17, 15) is 4.79 Å². The summed E-state index contributed by atoms with van der Waals surface area (Å²) in [5.74, 6) is 1.48. The molecule has 6 heteroatoms. The van der Waals surface area contributed by atoms with Gasteiger partial charge in [0.15, 0.2) is 0 Å². The lowest BCUT2D eigenvalue weighted by Crippen LogP contribution is -2.45. The predicted octanol–water partition coefficient (Wildman–Crippen LogP) is 3.27. The highest BCUT2D eigenvalue weighted by molar-refractivity contribution is 7.09. The van der Waals surface area contributed by atoms with Gasteiger partial charge >= 0.3 is 0 Å². The number of likely N-dealkylation sites (tertiary alicyclic amines) is 1. The summed E-state index contributed by atoms with van der Waals surface area (Å²) in [5.41, 5.74) is 1.25. The zero-order valence-electron chi connectivity index (χ0n) is 16.4. The Hall–Kier alpha value is -0.980. The maximum Gasteiger partial charge on any atom is 0.237 e. The van der Waals surface area contributed by atoms with Gasteiger partial charge in [-0.25, -0.2) is 4.98 Å². The van der Waals surface area contributed by atoms with Crippen LogP contribution in [0.1, 0.15) is 74.4 Å². The quantitative estimate of drug-likeness (QED) is 0.783. The van der Waals surface area contributed by atoms with Crippen LogP contribution in [0.3, 0.4) is 0 Å². The standard InChI is InChI=1S/C21H34N4OS/c26-20(19-9-4-10-22-19)23-12-16-6-5-11-25(13-16)14-18-15-27-21(24-18)17-7-2-1-3-8-17/h15-17,19,22H,1-14H2,(H,23,26). The Labute approximate surface area is 167 Å². The first-order valence-corrected chi connectivity index (χ1v) is 11.8. The van der Waals surface area contributed by atoms with Gasteiger partial charge in [-0.05, 0) is 57.5 Å². The molecule has 2 atom stereocenters. The van der Waals surface area contributed by atoms with Crippen molar-refractivity contribution in [2.45, 2.75) is 76.3 Å². The van der Waals surface area contributed by atoms with Gasteiger partial charge in [-0.3, -0.25) is 9.69 Å². The van der Waals surface area contributed by atoms with E-state index >= 15 is 0 Å². The molecule has 1 amide bonds. The minimum absolute atomic E-state index is 0.0397. The summed E-state index contributed by atoms with van der Waals surface area (Å²) in [4.78, 5) is 19.7. The van der Waals surface area contributed by atoms with Crippen LogP contribution in [0.15, 0.2) is 5.38 Å². The number of carbonyl (C=O) groups excluding carboxylic acids is 1. The van der Waals surface area contributed by atoms with Crippen molar-refractivity contribution in [3.05, 3.63) is 16.1 Å². The fraction of sp³-hybridized carbons (Fsp3) is 0.810. The Morgan fingerprint density at radius 3 is 2.89 bits per heavy atom. The molecule has 5 nitrogen and oxygen atoms in total. The van der Waals surface area contributed by atoms with E-state index in [1.165, 1.54) is 55.6 Å². The van der Waals surface area contributed by atoms with Crippen molar-refractivity contribution >= 4 is 17.2 Å². The van der Waals surface area contributed by atoms with Crippen LogP contribution in [-0.2, 0) is 11.3 Å². The predicted molar refractivity (Wildman–Crippen MR) is 110 cm³/mol. The van der Waals surface area contributed by atoms with Gasteiger partial charge in [0.2, 0.25) is 5.91 Å². The number of nitrogens with one attached hydrogen (secondary N) is 2. The van der Waals surface area contributed by atoms with Gasteiger partial charge in [-0.1, -0.05) is 19.3 Å². The van der Waals surface area contributed by atoms with Crippen molar-refractivity contribution in [1.82, 2.24) is 20.5 Å². The van der Waals surface area contributed by atoms with E-state index in [1.54, 1.807) is 0 Å². The van der Waals surface area contributed by atoms with Gasteiger partial charge < -0.3 is 10.6 Å². The van der Waals surface area contributed by atoms with Crippen LogP contribution in [0.4, 0.5) is 0 Å². The summed E-state index contributed by atoms with van der Waals surface area (Å²) in [7, 11) is 0. The normalized spacial score (nSPS) is 27.7. The summed E-state index contributed by atoms with van der Waals surface area (Å²) >= 11 is 1.87. The van der Waals surface area contributed by atoms with Crippen LogP contribution in [0.5, 0.6) is 0 Å². The van der Waals surface area contributed by atoms with Crippen LogP contribution < -0.4 is 10.6 Å². The van der Waals surface area contributed by atoms with E-state index in [4.69, 9.17) is 4.98 Å². The van der Waals surface area contributed by atoms with E-state index in [2.05, 4.69) is 20.9 Å². The van der Waals surface area contributed by atoms with Crippen LogP contribution in [0.25, 0.3) is 0 Å². The fourth-order valence-corrected chi connectivity index (χ4v) is 5.88. The van der Waals surface area contributed by atoms with Crippen LogP contribution in [0.2, 0.25) is 0 Å². The summed E-state index contributed by atoms with van der Waals surface area (Å²) in [5, 5.41) is 10.1. The average molecular weight is 391 g/mol. The summed E-state index contributed by atoms with van der Waals surface area (Å²) in [6, 6.07) is 0.0397. The third kappa shape index (κ3) is 5.30. The molecule has 27 heavy (non-hydrogen) atoms. The molecule has 2 aliphatic heterocycles. The molecule has 2 unspecified atom stereocenters. The molecule has 1 aliphatic carbocycles. The molecule has 0 aromatic carbocycles. The number of carbonyl (C=O) groups is 1. The third-order valence-corrected chi connectivity index (χ3v) is 7.51. The first-order chi connectivity index (χ1) is 13.3. The minimum atomic E-state index is 0.0397. The molecule has 0 radical (unpaired) electrons. The lowest BCUT2D eigenvalue weighted by molar-refractivity contribution is -0.123. The monoisotopic (exact) mass is 390 g/mol. The van der Waals surface area contributed by atoms with Gasteiger partial charge in [0.05, 0.1) is 16.7 Å². The number of amides is 1. The first-order valence-electron chi connectivity index (χ1n) is 11.0. The molecule has 1 saturated carbocycles. The van der Waals surface area contributed by atoms with E-state index in [0.29, 0.717) is 11.8 Å². The number of piperidine rings is 1. The van der Waals surface area contributed by atoms with Crippen molar-refractivity contribution in [2.75, 3.05) is 26.2 Å². The average Bonchev–Trinajstić information content (AvgIpc) is 3.39. The number of hydrogen-bond donors (Lipinski definition) is 2. The Morgan fingerprint density at radius 2 is 2.07 bits per heavy atom. The SMILES string of the molecule is O=C(NCC1CCCN(Cc2csc(C3CCCCC3)n2)C1)C1CCCN1. The smallest absolute Gasteiger partial charge is 0.237 e. The summed E-state index contributed by atoms with van der Waals surface area (Å²) in [6.07, 6.45) is 11.3. The van der Waals surface area contributed by atoms with Crippen molar-refractivity contribution in [2.24, 2.45) is 5.92 Å². The van der Waals surface area contributed by atoms with E-state index < -0.39 is 0 Å². The lowest BCUT2D eigenvalue weighted by atomic mass is 9.90. The highest BCUT2D eigenvalue weighted by Gasteiger charge is 2.25. The first kappa shape index (κ1) is 19.3. The molecule has 0 spiro atoms. The molecule has 1 aromatic heterocycles. The molecule has 1 aromatic rings. The maximum absolute atomic E-state index is 12.2. The molecular formula is C21H34N4OS. The van der Waals surface area contributed by atoms with E-state index in [1.807, 2.05) is 11.3 Å². The molecular weight excluding hydrogens is 356 g/mol. The second-order valence-corrected chi connectivity index (χ2v) is 9.54. The topological polar surface area (TPSA) is 57.3 Å². The number of nitrogens with zero attached hydrogens (tertiary/aromatic N) is 2. The number of hydrogen-bond acceptors (Lipinski definition) is 5. The summed E-state index contributed by atoms with van der Waals surface area (Å²) < 4.78 is 0. The second kappa shape index (κ2) is 9.48. The Bertz CT molecular complexity index is 607. The Kier molecular flexibility index (Phi) is 6.79. The van der Waals surface area contributed by atoms with Crippen molar-refractivity contribution in [1.29, 1.82) is 0 Å². The van der Waals surface area contributed by atoms with Gasteiger partial charge in [0.1, 0.15) is 0 Å². The van der Waals surface area contributed by atoms with Gasteiger partial charge in [-0.2, -0.15) is 0 Å². The van der Waals surface area contributed by atoms with Gasteiger partial charge in [-0.15, -0.1) is 11.3 Å². The molecule has 4 rings (SSSR count). The summed E-state index contributed by atoms with van der Waals surface area (Å²) in [6.45, 7) is 5.00. The number of rotatable bonds is 6. The molecule has 2 saturated heterocycles. The van der Waals surface area contributed by atoms with E-state index in [0.717, 1.165) is 45.6 Å². The molecule has 2 N–H and O–H groups in total. The molecule has 0 bridgehead atoms. The van der Waals surface area contributed by atoms with Crippen molar-refractivity contribution < 1.29 is 4.79 Å². The minimum Gasteiger partial charge on any atom is -0.354 e. The highest BCUT2D eigenvalue weighted by atomic mass is 32.1. The van der Waals surface area contributed by atoms with Crippen molar-refractivity contribution in [3.63, 3.8) is 0 Å². The Morgan fingerprint density at radius 1 is 1.19 bits per heavy atom. The maximum atomic E-state index is 12.2. The molecule has 3 heterocycles. The molecule has 150 valence electrons. The Balaban J connectivity index is 1.23. The molecule has 3 aliphatic rings. The number of thiazole rings is 1. The van der Waals surface area contributed by atoms with Crippen LogP contribution in [-0.4, -0.2) is 48.0 Å². The van der Waals surface area contributed by atoms with Crippen LogP contribution in [0, 0.1) is 5.92 Å². The second-order valence-electron chi connectivity index (χ2n) is 8.65.